The van der Waals surface area contributed by atoms with Crippen LogP contribution in [-0.2, 0) is 5.54 Å². The zero-order chi connectivity index (χ0) is 12.0. The van der Waals surface area contributed by atoms with Crippen molar-refractivity contribution in [3.8, 4) is 11.5 Å². The fourth-order valence-electron chi connectivity index (χ4n) is 2.08. The lowest BCUT2D eigenvalue weighted by molar-refractivity contribution is -0.125. The summed E-state index contributed by atoms with van der Waals surface area (Å²) in [4.78, 5) is 0. The van der Waals surface area contributed by atoms with E-state index in [4.69, 9.17) is 10.5 Å². The van der Waals surface area contributed by atoms with E-state index in [1.165, 1.54) is 19.2 Å². The summed E-state index contributed by atoms with van der Waals surface area (Å²) in [6.07, 6.45) is -0.766. The van der Waals surface area contributed by atoms with Crippen molar-refractivity contribution >= 4 is 0 Å². The van der Waals surface area contributed by atoms with E-state index in [1.54, 1.807) is 6.07 Å². The molecule has 1 aliphatic carbocycles. The number of alkyl halides is 2. The van der Waals surface area contributed by atoms with Crippen molar-refractivity contribution in [3.05, 3.63) is 23.8 Å². The standard InChI is InChI=1S/C11H13F2NO2/c1-16-9-3-2-7(4-8(9)15)10(14)5-11(12,13)6-10/h2-4,15H,5-6,14H2,1H3. The Morgan fingerprint density at radius 2 is 2.00 bits per heavy atom. The quantitative estimate of drug-likeness (QED) is 0.815. The molecule has 0 bridgehead atoms. The molecule has 1 aromatic rings. The van der Waals surface area contributed by atoms with Gasteiger partial charge in [0, 0.05) is 12.8 Å². The Bertz CT molecular complexity index is 412. The normalized spacial score (nSPS) is 21.2. The van der Waals surface area contributed by atoms with Gasteiger partial charge in [0.2, 0.25) is 0 Å². The Kier molecular flexibility index (Phi) is 2.31. The Hall–Kier alpha value is -1.36. The lowest BCUT2D eigenvalue weighted by Crippen LogP contribution is -2.55. The van der Waals surface area contributed by atoms with Crippen LogP contribution in [0.1, 0.15) is 18.4 Å². The van der Waals surface area contributed by atoms with Gasteiger partial charge in [-0.15, -0.1) is 0 Å². The Morgan fingerprint density at radius 3 is 2.44 bits per heavy atom. The minimum atomic E-state index is -2.69. The predicted octanol–water partition coefficient (Wildman–Crippen LogP) is 1.98. The second-order valence-electron chi connectivity index (χ2n) is 4.25. The van der Waals surface area contributed by atoms with E-state index in [-0.39, 0.29) is 18.6 Å². The third kappa shape index (κ3) is 1.71. The third-order valence-electron chi connectivity index (χ3n) is 2.90. The van der Waals surface area contributed by atoms with Crippen molar-refractivity contribution in [2.45, 2.75) is 24.3 Å². The highest BCUT2D eigenvalue weighted by molar-refractivity contribution is 5.44. The number of halogens is 2. The molecule has 0 spiro atoms. The minimum absolute atomic E-state index is 0.0833. The molecule has 0 unspecified atom stereocenters. The molecule has 2 rings (SSSR count). The molecule has 0 amide bonds. The zero-order valence-electron chi connectivity index (χ0n) is 8.84. The van der Waals surface area contributed by atoms with E-state index < -0.39 is 11.5 Å². The molecule has 0 saturated heterocycles. The Labute approximate surface area is 91.8 Å². The monoisotopic (exact) mass is 229 g/mol. The van der Waals surface area contributed by atoms with E-state index >= 15 is 0 Å². The number of methoxy groups -OCH3 is 1. The molecule has 1 aliphatic rings. The van der Waals surface area contributed by atoms with Crippen LogP contribution in [-0.4, -0.2) is 18.1 Å². The van der Waals surface area contributed by atoms with Crippen LogP contribution in [0.2, 0.25) is 0 Å². The number of nitrogens with two attached hydrogens (primary N) is 1. The molecular formula is C11H13F2NO2. The van der Waals surface area contributed by atoms with Gasteiger partial charge in [-0.25, -0.2) is 8.78 Å². The van der Waals surface area contributed by atoms with E-state index in [0.29, 0.717) is 11.3 Å². The second-order valence-corrected chi connectivity index (χ2v) is 4.25. The van der Waals surface area contributed by atoms with Crippen LogP contribution in [0.25, 0.3) is 0 Å². The van der Waals surface area contributed by atoms with Crippen LogP contribution < -0.4 is 10.5 Å². The minimum Gasteiger partial charge on any atom is -0.504 e. The molecule has 1 fully saturated rings. The molecule has 3 nitrogen and oxygen atoms in total. The zero-order valence-corrected chi connectivity index (χ0v) is 8.84. The molecule has 5 heteroatoms. The molecule has 16 heavy (non-hydrogen) atoms. The van der Waals surface area contributed by atoms with Crippen LogP contribution >= 0.6 is 0 Å². The fraction of sp³-hybridized carbons (Fsp3) is 0.455. The molecule has 1 aromatic carbocycles. The maximum atomic E-state index is 12.8. The van der Waals surface area contributed by atoms with Gasteiger partial charge in [-0.1, -0.05) is 6.07 Å². The van der Waals surface area contributed by atoms with Gasteiger partial charge in [0.15, 0.2) is 11.5 Å². The first-order valence-electron chi connectivity index (χ1n) is 4.90. The van der Waals surface area contributed by atoms with Crippen LogP contribution in [0.4, 0.5) is 8.78 Å². The summed E-state index contributed by atoms with van der Waals surface area (Å²) >= 11 is 0. The van der Waals surface area contributed by atoms with Crippen molar-refractivity contribution in [1.29, 1.82) is 0 Å². The number of hydrogen-bond acceptors (Lipinski definition) is 3. The van der Waals surface area contributed by atoms with Gasteiger partial charge in [-0.2, -0.15) is 0 Å². The third-order valence-corrected chi connectivity index (χ3v) is 2.90. The van der Waals surface area contributed by atoms with Gasteiger partial charge < -0.3 is 15.6 Å². The van der Waals surface area contributed by atoms with E-state index in [1.807, 2.05) is 0 Å². The van der Waals surface area contributed by atoms with Crippen LogP contribution in [0.3, 0.4) is 0 Å². The van der Waals surface area contributed by atoms with Crippen molar-refractivity contribution in [2.24, 2.45) is 5.73 Å². The smallest absolute Gasteiger partial charge is 0.252 e. The largest absolute Gasteiger partial charge is 0.504 e. The molecule has 1 saturated carbocycles. The number of phenols is 1. The van der Waals surface area contributed by atoms with Crippen LogP contribution in [0.15, 0.2) is 18.2 Å². The number of ether oxygens (including phenoxy) is 1. The van der Waals surface area contributed by atoms with Crippen molar-refractivity contribution in [1.82, 2.24) is 0 Å². The summed E-state index contributed by atoms with van der Waals surface area (Å²) in [7, 11) is 1.42. The summed E-state index contributed by atoms with van der Waals surface area (Å²) in [5.74, 6) is -2.47. The molecule has 88 valence electrons. The molecule has 0 radical (unpaired) electrons. The van der Waals surface area contributed by atoms with E-state index in [9.17, 15) is 13.9 Å². The van der Waals surface area contributed by atoms with Crippen LogP contribution in [0, 0.1) is 0 Å². The number of phenolic OH excluding ortho intramolecular Hbond substituents is 1. The average Bonchev–Trinajstić information content (AvgIpc) is 2.14. The van der Waals surface area contributed by atoms with Crippen molar-refractivity contribution < 1.29 is 18.6 Å². The predicted molar refractivity (Wildman–Crippen MR) is 54.7 cm³/mol. The van der Waals surface area contributed by atoms with E-state index in [0.717, 1.165) is 0 Å². The fourth-order valence-corrected chi connectivity index (χ4v) is 2.08. The lowest BCUT2D eigenvalue weighted by Gasteiger charge is -2.44. The second kappa shape index (κ2) is 3.31. The summed E-state index contributed by atoms with van der Waals surface area (Å²) in [6.45, 7) is 0. The first-order valence-corrected chi connectivity index (χ1v) is 4.90. The number of hydrogen-bond donors (Lipinski definition) is 2. The highest BCUT2D eigenvalue weighted by Gasteiger charge is 2.55. The summed E-state index contributed by atoms with van der Waals surface area (Å²) in [6, 6.07) is 4.51. The molecule has 3 N–H and O–H groups in total. The molecule has 0 aliphatic heterocycles. The Morgan fingerprint density at radius 1 is 1.38 bits per heavy atom. The topological polar surface area (TPSA) is 55.5 Å². The molecular weight excluding hydrogens is 216 g/mol. The number of benzene rings is 1. The van der Waals surface area contributed by atoms with Crippen molar-refractivity contribution in [3.63, 3.8) is 0 Å². The van der Waals surface area contributed by atoms with Crippen molar-refractivity contribution in [2.75, 3.05) is 7.11 Å². The first-order chi connectivity index (χ1) is 7.36. The first kappa shape index (κ1) is 11.1. The Balaban J connectivity index is 2.26. The molecule has 0 heterocycles. The number of aromatic hydroxyl groups is 1. The summed E-state index contributed by atoms with van der Waals surface area (Å²) in [5, 5.41) is 9.54. The van der Waals surface area contributed by atoms with Gasteiger partial charge in [0.05, 0.1) is 12.6 Å². The van der Waals surface area contributed by atoms with Gasteiger partial charge in [0.1, 0.15) is 0 Å². The van der Waals surface area contributed by atoms with Gasteiger partial charge >= 0.3 is 0 Å². The average molecular weight is 229 g/mol. The van der Waals surface area contributed by atoms with Gasteiger partial charge in [-0.05, 0) is 17.7 Å². The lowest BCUT2D eigenvalue weighted by atomic mass is 9.70. The molecule has 0 atom stereocenters. The highest BCUT2D eigenvalue weighted by atomic mass is 19.3. The SMILES string of the molecule is COc1ccc(C2(N)CC(F)(F)C2)cc1O. The summed E-state index contributed by atoms with van der Waals surface area (Å²) in [5.41, 5.74) is 5.30. The maximum Gasteiger partial charge on any atom is 0.252 e. The van der Waals surface area contributed by atoms with Gasteiger partial charge in [0.25, 0.3) is 5.92 Å². The highest BCUT2D eigenvalue weighted by Crippen LogP contribution is 2.50. The van der Waals surface area contributed by atoms with Gasteiger partial charge in [-0.3, -0.25) is 0 Å². The maximum absolute atomic E-state index is 12.8. The number of rotatable bonds is 2. The van der Waals surface area contributed by atoms with Crippen LogP contribution in [0.5, 0.6) is 11.5 Å². The van der Waals surface area contributed by atoms with E-state index in [2.05, 4.69) is 0 Å². The molecule has 0 aromatic heterocycles. The summed E-state index contributed by atoms with van der Waals surface area (Å²) < 4.78 is 30.5.